The Morgan fingerprint density at radius 1 is 1.79 bits per heavy atom. The van der Waals surface area contributed by atoms with E-state index in [0.29, 0.717) is 5.69 Å². The summed E-state index contributed by atoms with van der Waals surface area (Å²) < 4.78 is 10.5. The van der Waals surface area contributed by atoms with Crippen molar-refractivity contribution >= 4 is 19.3 Å². The summed E-state index contributed by atoms with van der Waals surface area (Å²) in [5.74, 6) is -1.12. The van der Waals surface area contributed by atoms with Gasteiger partial charge < -0.3 is 20.7 Å². The molecule has 0 spiro atoms. The van der Waals surface area contributed by atoms with Crippen molar-refractivity contribution in [2.75, 3.05) is 0 Å². The van der Waals surface area contributed by atoms with Gasteiger partial charge in [-0.3, -0.25) is 4.79 Å². The largest absolute Gasteiger partial charge is 0.591 e. The van der Waals surface area contributed by atoms with Crippen LogP contribution in [0.2, 0.25) is 0 Å². The van der Waals surface area contributed by atoms with Crippen molar-refractivity contribution in [1.29, 1.82) is 0 Å². The van der Waals surface area contributed by atoms with E-state index in [-0.39, 0.29) is 11.7 Å². The number of hydrogen-bond donors (Lipinski definition) is 3. The van der Waals surface area contributed by atoms with E-state index in [1.165, 1.54) is 12.3 Å². The molecule has 14 heavy (non-hydrogen) atoms. The van der Waals surface area contributed by atoms with E-state index in [2.05, 4.69) is 4.98 Å². The Morgan fingerprint density at radius 2 is 2.43 bits per heavy atom. The van der Waals surface area contributed by atoms with Crippen LogP contribution in [0.1, 0.15) is 5.69 Å². The zero-order valence-electron chi connectivity index (χ0n) is 7.14. The molecule has 0 amide bonds. The topological polar surface area (TPSA) is 119 Å². The lowest BCUT2D eigenvalue weighted by molar-refractivity contribution is -0.160. The number of carboxylic acid groups (broad SMARTS) is 1. The summed E-state index contributed by atoms with van der Waals surface area (Å²) in [6, 6.07) is 0.347. The third kappa shape index (κ3) is 2.63. The number of carbonyl (C=O) groups is 1. The minimum atomic E-state index is -2.63. The van der Waals surface area contributed by atoms with E-state index in [1.807, 2.05) is 0 Å². The zero-order chi connectivity index (χ0) is 10.7. The molecule has 6 nitrogen and oxygen atoms in total. The van der Waals surface area contributed by atoms with Crippen LogP contribution in [0, 0.1) is 0 Å². The van der Waals surface area contributed by atoms with Crippen LogP contribution in [0.4, 0.5) is 0 Å². The van der Waals surface area contributed by atoms with E-state index in [0.717, 1.165) is 0 Å². The molecule has 0 radical (unpaired) electrons. The quantitative estimate of drug-likeness (QED) is 0.540. The standard InChI is InChI=1S/C7H9N2O4P/c8-6(7(10)11)2-4-1-5(3-9-4)14(12)13/h1,3,6,9H,2,8H2,(H,10,11)/t6-/m0/s1. The second kappa shape index (κ2) is 4.32. The first kappa shape index (κ1) is 10.8. The Bertz CT molecular complexity index is 362. The van der Waals surface area contributed by atoms with Gasteiger partial charge in [0.15, 0.2) is 0 Å². The molecule has 0 bridgehead atoms. The van der Waals surface area contributed by atoms with E-state index < -0.39 is 20.0 Å². The molecule has 7 heteroatoms. The summed E-state index contributed by atoms with van der Waals surface area (Å²) in [5.41, 5.74) is 5.76. The maximum atomic E-state index is 10.5. The minimum absolute atomic E-state index is 0.0819. The average Bonchev–Trinajstić information content (AvgIpc) is 2.52. The van der Waals surface area contributed by atoms with Gasteiger partial charge in [0.05, 0.1) is 6.20 Å². The summed E-state index contributed by atoms with van der Waals surface area (Å²) >= 11 is 0. The first-order valence-electron chi connectivity index (χ1n) is 3.80. The predicted octanol–water partition coefficient (Wildman–Crippen LogP) is -1.30. The van der Waals surface area contributed by atoms with E-state index in [9.17, 15) is 14.3 Å². The highest BCUT2D eigenvalue weighted by Gasteiger charge is 2.16. The molecule has 1 aromatic rings. The van der Waals surface area contributed by atoms with Crippen LogP contribution >= 0.6 is 8.03 Å². The van der Waals surface area contributed by atoms with Gasteiger partial charge >= 0.3 is 14.0 Å². The smallest absolute Gasteiger partial charge is 0.350 e. The second-order valence-corrected chi connectivity index (χ2v) is 3.82. The van der Waals surface area contributed by atoms with Crippen molar-refractivity contribution < 1.29 is 19.4 Å². The molecule has 0 saturated heterocycles. The molecule has 1 aromatic heterocycles. The molecule has 1 unspecified atom stereocenters. The van der Waals surface area contributed by atoms with Gasteiger partial charge in [-0.25, -0.2) is 0 Å². The third-order valence-electron chi connectivity index (χ3n) is 1.70. The van der Waals surface area contributed by atoms with Crippen LogP contribution in [0.15, 0.2) is 12.3 Å². The second-order valence-electron chi connectivity index (χ2n) is 2.79. The number of aromatic nitrogens is 1. The number of nitrogens with two attached hydrogens (primary N) is 1. The van der Waals surface area contributed by atoms with Gasteiger partial charge in [-0.2, -0.15) is 0 Å². The molecule has 0 saturated carbocycles. The highest BCUT2D eigenvalue weighted by molar-refractivity contribution is 7.45. The van der Waals surface area contributed by atoms with Crippen LogP contribution in [-0.4, -0.2) is 22.1 Å². The first-order valence-corrected chi connectivity index (χ1v) is 4.98. The molecule has 2 atom stereocenters. The molecule has 1 heterocycles. The van der Waals surface area contributed by atoms with E-state index in [1.54, 1.807) is 0 Å². The summed E-state index contributed by atoms with van der Waals surface area (Å²) in [5, 5.41) is 8.63. The Hall–Kier alpha value is -1.23. The van der Waals surface area contributed by atoms with Crippen molar-refractivity contribution in [2.45, 2.75) is 12.5 Å². The maximum absolute atomic E-state index is 10.5. The fourth-order valence-electron chi connectivity index (χ4n) is 0.976. The SMILES string of the molecule is N[C@@H](Cc1cc([P+](=O)[O-])c[nH]1)C(=O)O. The number of aliphatic carboxylic acids is 1. The lowest BCUT2D eigenvalue weighted by Gasteiger charge is -2.02. The van der Waals surface area contributed by atoms with E-state index in [4.69, 9.17) is 10.8 Å². The lowest BCUT2D eigenvalue weighted by atomic mass is 10.2. The van der Waals surface area contributed by atoms with Crippen molar-refractivity contribution in [1.82, 2.24) is 4.98 Å². The van der Waals surface area contributed by atoms with Crippen LogP contribution in [0.3, 0.4) is 0 Å². The van der Waals surface area contributed by atoms with Gasteiger partial charge in [0, 0.05) is 18.2 Å². The Morgan fingerprint density at radius 3 is 2.86 bits per heavy atom. The molecular formula is C7H9N2O4P. The Labute approximate surface area is 80.6 Å². The van der Waals surface area contributed by atoms with Crippen LogP contribution in [0.25, 0.3) is 0 Å². The lowest BCUT2D eigenvalue weighted by Crippen LogP contribution is -2.32. The summed E-state index contributed by atoms with van der Waals surface area (Å²) in [7, 11) is -2.63. The summed E-state index contributed by atoms with van der Waals surface area (Å²) in [6.07, 6.45) is 1.38. The molecule has 0 aromatic carbocycles. The van der Waals surface area contributed by atoms with Gasteiger partial charge in [-0.1, -0.05) is 4.57 Å². The number of hydrogen-bond acceptors (Lipinski definition) is 4. The highest BCUT2D eigenvalue weighted by Crippen LogP contribution is 2.09. The summed E-state index contributed by atoms with van der Waals surface area (Å²) in [6.45, 7) is 0. The van der Waals surface area contributed by atoms with Crippen LogP contribution in [-0.2, 0) is 15.8 Å². The number of nitrogens with one attached hydrogen (secondary N) is 1. The molecular weight excluding hydrogens is 207 g/mol. The zero-order valence-corrected chi connectivity index (χ0v) is 8.03. The highest BCUT2D eigenvalue weighted by atomic mass is 31.1. The molecule has 0 aliphatic heterocycles. The van der Waals surface area contributed by atoms with Crippen molar-refractivity contribution in [3.8, 4) is 0 Å². The normalized spacial score (nSPS) is 13.7. The number of rotatable bonds is 4. The number of H-pyrrole nitrogens is 1. The molecule has 4 N–H and O–H groups in total. The molecule has 0 aliphatic carbocycles. The van der Waals surface area contributed by atoms with Gasteiger partial charge in [0.2, 0.25) is 5.30 Å². The first-order chi connectivity index (χ1) is 6.50. The van der Waals surface area contributed by atoms with Crippen LogP contribution < -0.4 is 15.9 Å². The fourth-order valence-corrected chi connectivity index (χ4v) is 1.41. The maximum Gasteiger partial charge on any atom is 0.350 e. The van der Waals surface area contributed by atoms with Crippen molar-refractivity contribution in [2.24, 2.45) is 5.73 Å². The molecule has 0 fully saturated rings. The average molecular weight is 216 g/mol. The predicted molar refractivity (Wildman–Crippen MR) is 47.3 cm³/mol. The molecule has 1 rings (SSSR count). The number of carboxylic acids is 1. The Kier molecular flexibility index (Phi) is 3.35. The van der Waals surface area contributed by atoms with E-state index >= 15 is 0 Å². The van der Waals surface area contributed by atoms with Gasteiger partial charge in [-0.15, -0.1) is 0 Å². The van der Waals surface area contributed by atoms with Gasteiger partial charge in [0.25, 0.3) is 0 Å². The minimum Gasteiger partial charge on any atom is -0.591 e. The van der Waals surface area contributed by atoms with Gasteiger partial charge in [-0.05, 0) is 0 Å². The number of aromatic amines is 1. The molecule has 76 valence electrons. The Balaban J connectivity index is 2.69. The van der Waals surface area contributed by atoms with Crippen molar-refractivity contribution in [3.63, 3.8) is 0 Å². The summed E-state index contributed by atoms with van der Waals surface area (Å²) in [4.78, 5) is 23.5. The van der Waals surface area contributed by atoms with Gasteiger partial charge in [0.1, 0.15) is 6.04 Å². The fraction of sp³-hybridized carbons (Fsp3) is 0.286. The van der Waals surface area contributed by atoms with Crippen molar-refractivity contribution in [3.05, 3.63) is 18.0 Å². The molecule has 0 aliphatic rings. The monoisotopic (exact) mass is 216 g/mol. The van der Waals surface area contributed by atoms with Crippen LogP contribution in [0.5, 0.6) is 0 Å². The third-order valence-corrected chi connectivity index (χ3v) is 2.38.